The number of carbonyl (C=O) groups excluding carboxylic acids is 2. The molecule has 8 heteroatoms. The average Bonchev–Trinajstić information content (AvgIpc) is 3.12. The highest BCUT2D eigenvalue weighted by Gasteiger charge is 2.48. The Hall–Kier alpha value is -3.26. The number of anilines is 1. The number of nitrogens with zero attached hydrogens (tertiary/aromatic N) is 3. The molecule has 0 spiro atoms. The number of halogens is 1. The van der Waals surface area contributed by atoms with Crippen LogP contribution in [0.5, 0.6) is 0 Å². The molecule has 1 amide bonds. The largest absolute Gasteiger partial charge is 0.465 e. The molecule has 4 rings (SSSR count). The Bertz CT molecular complexity index is 1100. The number of hydrogen-bond donors (Lipinski definition) is 0. The summed E-state index contributed by atoms with van der Waals surface area (Å²) in [6, 6.07) is 12.6. The van der Waals surface area contributed by atoms with Crippen molar-refractivity contribution in [3.05, 3.63) is 59.9 Å². The van der Waals surface area contributed by atoms with Crippen LogP contribution in [-0.4, -0.2) is 48.3 Å². The zero-order chi connectivity index (χ0) is 21.3. The molecule has 0 N–H and O–H groups in total. The SMILES string of the molecule is CCOC(=O)[C@@H]1C(=O)N(CCOC)c2nc3ccccc3n2[C@H]1c1ccccc1F. The minimum Gasteiger partial charge on any atom is -0.465 e. The maximum Gasteiger partial charge on any atom is 0.321 e. The van der Waals surface area contributed by atoms with Gasteiger partial charge >= 0.3 is 5.97 Å². The fraction of sp³-hybridized carbons (Fsp3) is 0.318. The van der Waals surface area contributed by atoms with Crippen LogP contribution in [0.3, 0.4) is 0 Å². The Morgan fingerprint density at radius 2 is 1.90 bits per heavy atom. The first-order valence-corrected chi connectivity index (χ1v) is 9.76. The smallest absolute Gasteiger partial charge is 0.321 e. The van der Waals surface area contributed by atoms with Crippen molar-refractivity contribution in [2.75, 3.05) is 31.8 Å². The first kappa shape index (κ1) is 20.0. The van der Waals surface area contributed by atoms with Crippen LogP contribution in [0.1, 0.15) is 18.5 Å². The lowest BCUT2D eigenvalue weighted by molar-refractivity contribution is -0.153. The number of hydrogen-bond acceptors (Lipinski definition) is 5. The molecule has 0 aliphatic carbocycles. The summed E-state index contributed by atoms with van der Waals surface area (Å²) in [7, 11) is 1.53. The number of methoxy groups -OCH3 is 1. The van der Waals surface area contributed by atoms with E-state index in [1.165, 1.54) is 18.1 Å². The lowest BCUT2D eigenvalue weighted by Crippen LogP contribution is -2.51. The standard InChI is InChI=1S/C22H22FN3O4/c1-3-30-21(28)18-19(14-8-4-5-9-15(14)23)26-17-11-7-6-10-16(17)24-22(26)25(20(18)27)12-13-29-2/h4-11,18-19H,3,12-13H2,1-2H3/t18-,19-/m0/s1. The zero-order valence-electron chi connectivity index (χ0n) is 16.7. The van der Waals surface area contributed by atoms with Crippen molar-refractivity contribution in [2.24, 2.45) is 5.92 Å². The van der Waals surface area contributed by atoms with Gasteiger partial charge in [-0.05, 0) is 25.1 Å². The van der Waals surface area contributed by atoms with Gasteiger partial charge in [-0.3, -0.25) is 14.5 Å². The summed E-state index contributed by atoms with van der Waals surface area (Å²) in [5.74, 6) is -2.57. The van der Waals surface area contributed by atoms with Gasteiger partial charge in [0.25, 0.3) is 0 Å². The Morgan fingerprint density at radius 1 is 1.17 bits per heavy atom. The molecule has 2 heterocycles. The van der Waals surface area contributed by atoms with Crippen LogP contribution in [-0.2, 0) is 19.1 Å². The van der Waals surface area contributed by atoms with Crippen molar-refractivity contribution in [3.63, 3.8) is 0 Å². The van der Waals surface area contributed by atoms with Crippen LogP contribution in [0.15, 0.2) is 48.5 Å². The zero-order valence-corrected chi connectivity index (χ0v) is 16.7. The molecule has 0 radical (unpaired) electrons. The van der Waals surface area contributed by atoms with E-state index in [1.807, 2.05) is 24.3 Å². The van der Waals surface area contributed by atoms with E-state index >= 15 is 0 Å². The fourth-order valence-electron chi connectivity index (χ4n) is 3.94. The van der Waals surface area contributed by atoms with Crippen LogP contribution in [0.25, 0.3) is 11.0 Å². The van der Waals surface area contributed by atoms with Gasteiger partial charge in [0.2, 0.25) is 11.9 Å². The molecule has 0 unspecified atom stereocenters. The number of esters is 1. The van der Waals surface area contributed by atoms with E-state index in [-0.39, 0.29) is 25.3 Å². The molecule has 0 saturated carbocycles. The van der Waals surface area contributed by atoms with E-state index in [0.29, 0.717) is 17.0 Å². The third kappa shape index (κ3) is 3.23. The minimum absolute atomic E-state index is 0.113. The van der Waals surface area contributed by atoms with E-state index in [9.17, 15) is 14.0 Å². The van der Waals surface area contributed by atoms with Gasteiger partial charge in [0.1, 0.15) is 5.82 Å². The first-order valence-electron chi connectivity index (χ1n) is 9.76. The summed E-state index contributed by atoms with van der Waals surface area (Å²) < 4.78 is 27.0. The third-order valence-electron chi connectivity index (χ3n) is 5.23. The Morgan fingerprint density at radius 3 is 2.63 bits per heavy atom. The van der Waals surface area contributed by atoms with Gasteiger partial charge < -0.3 is 14.0 Å². The number of para-hydroxylation sites is 2. The predicted molar refractivity (Wildman–Crippen MR) is 109 cm³/mol. The minimum atomic E-state index is -1.25. The maximum absolute atomic E-state index is 14.9. The molecule has 156 valence electrons. The molecule has 0 bridgehead atoms. The monoisotopic (exact) mass is 411 g/mol. The highest BCUT2D eigenvalue weighted by Crippen LogP contribution is 2.41. The lowest BCUT2D eigenvalue weighted by atomic mass is 9.89. The van der Waals surface area contributed by atoms with Gasteiger partial charge in [0.15, 0.2) is 5.92 Å². The maximum atomic E-state index is 14.9. The molecular formula is C22H22FN3O4. The number of imidazole rings is 1. The second-order valence-corrected chi connectivity index (χ2v) is 6.95. The molecule has 1 aliphatic heterocycles. The van der Waals surface area contributed by atoms with E-state index < -0.39 is 29.7 Å². The summed E-state index contributed by atoms with van der Waals surface area (Å²) in [6.07, 6.45) is 0. The predicted octanol–water partition coefficient (Wildman–Crippen LogP) is 2.94. The topological polar surface area (TPSA) is 73.7 Å². The Labute approximate surface area is 173 Å². The summed E-state index contributed by atoms with van der Waals surface area (Å²) in [6.45, 7) is 2.25. The van der Waals surface area contributed by atoms with Gasteiger partial charge in [-0.1, -0.05) is 30.3 Å². The molecule has 1 aliphatic rings. The quantitative estimate of drug-likeness (QED) is 0.461. The van der Waals surface area contributed by atoms with Gasteiger partial charge in [0, 0.05) is 12.7 Å². The van der Waals surface area contributed by atoms with E-state index in [0.717, 1.165) is 0 Å². The van der Waals surface area contributed by atoms with Crippen molar-refractivity contribution in [2.45, 2.75) is 13.0 Å². The van der Waals surface area contributed by atoms with E-state index in [4.69, 9.17) is 9.47 Å². The highest BCUT2D eigenvalue weighted by molar-refractivity contribution is 6.08. The van der Waals surface area contributed by atoms with Crippen molar-refractivity contribution in [1.29, 1.82) is 0 Å². The average molecular weight is 411 g/mol. The normalized spacial score (nSPS) is 18.5. The van der Waals surface area contributed by atoms with Crippen LogP contribution >= 0.6 is 0 Å². The molecule has 0 fully saturated rings. The molecule has 30 heavy (non-hydrogen) atoms. The van der Waals surface area contributed by atoms with Gasteiger partial charge in [0.05, 0.1) is 36.8 Å². The number of amides is 1. The third-order valence-corrected chi connectivity index (χ3v) is 5.23. The summed E-state index contributed by atoms with van der Waals surface area (Å²) in [5.41, 5.74) is 1.58. The van der Waals surface area contributed by atoms with Crippen molar-refractivity contribution in [3.8, 4) is 0 Å². The van der Waals surface area contributed by atoms with Crippen LogP contribution in [0, 0.1) is 11.7 Å². The summed E-state index contributed by atoms with van der Waals surface area (Å²) in [5, 5.41) is 0. The Balaban J connectivity index is 2.00. The van der Waals surface area contributed by atoms with Crippen LogP contribution in [0.4, 0.5) is 10.3 Å². The first-order chi connectivity index (χ1) is 14.6. The van der Waals surface area contributed by atoms with Gasteiger partial charge in [-0.2, -0.15) is 0 Å². The van der Waals surface area contributed by atoms with Crippen molar-refractivity contribution >= 4 is 28.9 Å². The molecule has 3 aromatic rings. The van der Waals surface area contributed by atoms with Crippen LogP contribution in [0.2, 0.25) is 0 Å². The highest BCUT2D eigenvalue weighted by atomic mass is 19.1. The number of ether oxygens (including phenoxy) is 2. The number of rotatable bonds is 6. The van der Waals surface area contributed by atoms with Crippen molar-refractivity contribution in [1.82, 2.24) is 9.55 Å². The molecular weight excluding hydrogens is 389 g/mol. The van der Waals surface area contributed by atoms with E-state index in [1.54, 1.807) is 29.7 Å². The van der Waals surface area contributed by atoms with Gasteiger partial charge in [-0.25, -0.2) is 9.37 Å². The number of benzene rings is 2. The molecule has 2 atom stereocenters. The number of aromatic nitrogens is 2. The second kappa shape index (κ2) is 8.23. The fourth-order valence-corrected chi connectivity index (χ4v) is 3.94. The second-order valence-electron chi connectivity index (χ2n) is 6.95. The van der Waals surface area contributed by atoms with Crippen LogP contribution < -0.4 is 4.90 Å². The molecule has 0 saturated heterocycles. The van der Waals surface area contributed by atoms with Crippen molar-refractivity contribution < 1.29 is 23.5 Å². The Kier molecular flexibility index (Phi) is 5.50. The number of fused-ring (bicyclic) bond motifs is 3. The van der Waals surface area contributed by atoms with E-state index in [2.05, 4.69) is 4.98 Å². The molecule has 1 aromatic heterocycles. The lowest BCUT2D eigenvalue weighted by Gasteiger charge is -2.37. The molecule has 7 nitrogen and oxygen atoms in total. The number of carbonyl (C=O) groups is 2. The van der Waals surface area contributed by atoms with Gasteiger partial charge in [-0.15, -0.1) is 0 Å². The summed E-state index contributed by atoms with van der Waals surface area (Å²) >= 11 is 0. The summed E-state index contributed by atoms with van der Waals surface area (Å²) in [4.78, 5) is 32.4. The molecule has 2 aromatic carbocycles.